The number of rotatable bonds is 6. The maximum Gasteiger partial charge on any atom is 0.337 e. The SMILES string of the molecule is CCOC(=O)CSC1=C(C#N)C(c2cccs2)C(C(=O)OC(C)(C)C)=CN1. The number of nitrogens with one attached hydrogen (secondary N) is 1. The van der Waals surface area contributed by atoms with Gasteiger partial charge in [-0.2, -0.15) is 5.26 Å². The van der Waals surface area contributed by atoms with Crippen LogP contribution in [0.5, 0.6) is 0 Å². The summed E-state index contributed by atoms with van der Waals surface area (Å²) >= 11 is 2.65. The fraction of sp³-hybridized carbons (Fsp3) is 0.421. The third kappa shape index (κ3) is 5.62. The molecule has 27 heavy (non-hydrogen) atoms. The second-order valence-corrected chi connectivity index (χ2v) is 8.61. The smallest absolute Gasteiger partial charge is 0.337 e. The van der Waals surface area contributed by atoms with Gasteiger partial charge in [-0.3, -0.25) is 4.79 Å². The van der Waals surface area contributed by atoms with Gasteiger partial charge in [0, 0.05) is 11.1 Å². The summed E-state index contributed by atoms with van der Waals surface area (Å²) in [6.07, 6.45) is 1.56. The predicted octanol–water partition coefficient (Wildman–Crippen LogP) is 3.69. The number of thiophene rings is 1. The largest absolute Gasteiger partial charge is 0.465 e. The summed E-state index contributed by atoms with van der Waals surface area (Å²) in [5.74, 6) is -1.29. The van der Waals surface area contributed by atoms with Gasteiger partial charge in [-0.05, 0) is 39.1 Å². The van der Waals surface area contributed by atoms with E-state index in [4.69, 9.17) is 9.47 Å². The third-order valence-corrected chi connectivity index (χ3v) is 5.37. The Morgan fingerprint density at radius 2 is 2.15 bits per heavy atom. The van der Waals surface area contributed by atoms with Crippen LogP contribution in [0.2, 0.25) is 0 Å². The Hall–Kier alpha value is -2.24. The standard InChI is InChI=1S/C19H22N2O4S2/c1-5-24-15(22)11-27-17-12(9-20)16(14-7-6-8-26-14)13(10-21-17)18(23)25-19(2,3)4/h6-8,10,16,21H,5,11H2,1-4H3. The second-order valence-electron chi connectivity index (χ2n) is 6.64. The number of dihydropyridines is 1. The number of allylic oxidation sites excluding steroid dienone is 1. The summed E-state index contributed by atoms with van der Waals surface area (Å²) in [6, 6.07) is 5.95. The highest BCUT2D eigenvalue weighted by Gasteiger charge is 2.35. The second kappa shape index (κ2) is 9.11. The van der Waals surface area contributed by atoms with Crippen molar-refractivity contribution in [3.8, 4) is 6.07 Å². The Balaban J connectivity index is 2.34. The zero-order valence-electron chi connectivity index (χ0n) is 15.7. The van der Waals surface area contributed by atoms with E-state index in [-0.39, 0.29) is 11.7 Å². The molecule has 0 radical (unpaired) electrons. The van der Waals surface area contributed by atoms with Crippen LogP contribution >= 0.6 is 23.1 Å². The minimum Gasteiger partial charge on any atom is -0.465 e. The van der Waals surface area contributed by atoms with Gasteiger partial charge in [-0.15, -0.1) is 11.3 Å². The first-order valence-electron chi connectivity index (χ1n) is 8.42. The number of carbonyl (C=O) groups is 2. The van der Waals surface area contributed by atoms with Crippen molar-refractivity contribution in [1.29, 1.82) is 5.26 Å². The molecule has 1 atom stereocenters. The van der Waals surface area contributed by atoms with E-state index >= 15 is 0 Å². The number of nitrogens with zero attached hydrogens (tertiary/aromatic N) is 1. The predicted molar refractivity (Wildman–Crippen MR) is 106 cm³/mol. The maximum absolute atomic E-state index is 12.7. The van der Waals surface area contributed by atoms with Crippen LogP contribution in [0.25, 0.3) is 0 Å². The van der Waals surface area contributed by atoms with Gasteiger partial charge in [-0.1, -0.05) is 17.8 Å². The van der Waals surface area contributed by atoms with E-state index in [0.717, 1.165) is 4.88 Å². The highest BCUT2D eigenvalue weighted by Crippen LogP contribution is 2.40. The van der Waals surface area contributed by atoms with Gasteiger partial charge < -0.3 is 14.8 Å². The van der Waals surface area contributed by atoms with Gasteiger partial charge >= 0.3 is 11.9 Å². The molecule has 144 valence electrons. The lowest BCUT2D eigenvalue weighted by Gasteiger charge is -2.27. The van der Waals surface area contributed by atoms with Crippen LogP contribution in [-0.2, 0) is 19.1 Å². The highest BCUT2D eigenvalue weighted by molar-refractivity contribution is 8.03. The van der Waals surface area contributed by atoms with Gasteiger partial charge in [0.15, 0.2) is 0 Å². The molecule has 1 aliphatic heterocycles. The molecular weight excluding hydrogens is 384 g/mol. The molecule has 0 spiro atoms. The molecule has 1 aliphatic rings. The maximum atomic E-state index is 12.7. The zero-order valence-corrected chi connectivity index (χ0v) is 17.3. The summed E-state index contributed by atoms with van der Waals surface area (Å²) in [4.78, 5) is 25.2. The Bertz CT molecular complexity index is 799. The Labute approximate surface area is 167 Å². The summed E-state index contributed by atoms with van der Waals surface area (Å²) in [7, 11) is 0. The van der Waals surface area contributed by atoms with Crippen molar-refractivity contribution in [2.75, 3.05) is 12.4 Å². The molecule has 2 heterocycles. The minimum absolute atomic E-state index is 0.0775. The average molecular weight is 407 g/mol. The van der Waals surface area contributed by atoms with Crippen LogP contribution < -0.4 is 5.32 Å². The number of hydrogen-bond acceptors (Lipinski definition) is 8. The van der Waals surface area contributed by atoms with Crippen molar-refractivity contribution < 1.29 is 19.1 Å². The van der Waals surface area contributed by atoms with Crippen molar-refractivity contribution in [2.24, 2.45) is 0 Å². The lowest BCUT2D eigenvalue weighted by atomic mass is 9.89. The van der Waals surface area contributed by atoms with E-state index in [1.165, 1.54) is 23.1 Å². The number of thioether (sulfide) groups is 1. The summed E-state index contributed by atoms with van der Waals surface area (Å²) in [5.41, 5.74) is 0.104. The first kappa shape index (κ1) is 21.1. The van der Waals surface area contributed by atoms with Crippen LogP contribution in [-0.4, -0.2) is 29.9 Å². The van der Waals surface area contributed by atoms with E-state index in [9.17, 15) is 14.9 Å². The molecule has 1 unspecified atom stereocenters. The van der Waals surface area contributed by atoms with Crippen LogP contribution in [0, 0.1) is 11.3 Å². The van der Waals surface area contributed by atoms with Crippen LogP contribution in [0.1, 0.15) is 38.5 Å². The number of ether oxygens (including phenoxy) is 2. The normalized spacial score (nSPS) is 16.9. The van der Waals surface area contributed by atoms with Crippen molar-refractivity contribution >= 4 is 35.0 Å². The monoisotopic (exact) mass is 406 g/mol. The molecule has 6 nitrogen and oxygen atoms in total. The number of nitriles is 1. The Morgan fingerprint density at radius 3 is 2.70 bits per heavy atom. The van der Waals surface area contributed by atoms with E-state index in [1.807, 2.05) is 17.5 Å². The van der Waals surface area contributed by atoms with Gasteiger partial charge in [0.05, 0.1) is 40.5 Å². The van der Waals surface area contributed by atoms with Crippen molar-refractivity contribution in [3.05, 3.63) is 44.8 Å². The first-order valence-corrected chi connectivity index (χ1v) is 10.3. The molecular formula is C19H22N2O4S2. The van der Waals surface area contributed by atoms with E-state index in [1.54, 1.807) is 33.9 Å². The topological polar surface area (TPSA) is 88.4 Å². The molecule has 2 rings (SSSR count). The third-order valence-electron chi connectivity index (χ3n) is 3.43. The first-order chi connectivity index (χ1) is 12.8. The molecule has 0 saturated carbocycles. The van der Waals surface area contributed by atoms with E-state index in [2.05, 4.69) is 11.4 Å². The molecule has 0 saturated heterocycles. The van der Waals surface area contributed by atoms with Gasteiger partial charge in [0.2, 0.25) is 0 Å². The summed E-state index contributed by atoms with van der Waals surface area (Å²) in [5, 5.41) is 15.2. The highest BCUT2D eigenvalue weighted by atomic mass is 32.2. The van der Waals surface area contributed by atoms with Crippen LogP contribution in [0.15, 0.2) is 39.9 Å². The lowest BCUT2D eigenvalue weighted by Crippen LogP contribution is -2.30. The summed E-state index contributed by atoms with van der Waals surface area (Å²) in [6.45, 7) is 7.43. The van der Waals surface area contributed by atoms with Crippen molar-refractivity contribution in [2.45, 2.75) is 39.2 Å². The molecule has 0 fully saturated rings. The quantitative estimate of drug-likeness (QED) is 0.721. The van der Waals surface area contributed by atoms with Gasteiger partial charge in [-0.25, -0.2) is 4.79 Å². The van der Waals surface area contributed by atoms with Gasteiger partial charge in [0.25, 0.3) is 0 Å². The van der Waals surface area contributed by atoms with Crippen molar-refractivity contribution in [3.63, 3.8) is 0 Å². The summed E-state index contributed by atoms with van der Waals surface area (Å²) < 4.78 is 10.4. The molecule has 0 aromatic carbocycles. The molecule has 1 aromatic rings. The molecule has 1 N–H and O–H groups in total. The number of esters is 2. The minimum atomic E-state index is -0.645. The number of carbonyl (C=O) groups excluding carboxylic acids is 2. The zero-order chi connectivity index (χ0) is 20.0. The van der Waals surface area contributed by atoms with Crippen molar-refractivity contribution in [1.82, 2.24) is 5.32 Å². The van der Waals surface area contributed by atoms with E-state index < -0.39 is 17.5 Å². The Morgan fingerprint density at radius 1 is 1.41 bits per heavy atom. The molecule has 0 amide bonds. The van der Waals surface area contributed by atoms with Crippen LogP contribution in [0.3, 0.4) is 0 Å². The van der Waals surface area contributed by atoms with Crippen LogP contribution in [0.4, 0.5) is 0 Å². The fourth-order valence-electron chi connectivity index (χ4n) is 2.42. The molecule has 1 aromatic heterocycles. The van der Waals surface area contributed by atoms with E-state index in [0.29, 0.717) is 22.8 Å². The van der Waals surface area contributed by atoms with Gasteiger partial charge in [0.1, 0.15) is 5.60 Å². The average Bonchev–Trinajstić information content (AvgIpc) is 3.12. The number of hydrogen-bond donors (Lipinski definition) is 1. The molecule has 0 bridgehead atoms. The lowest BCUT2D eigenvalue weighted by molar-refractivity contribution is -0.150. The molecule has 8 heteroatoms. The molecule has 0 aliphatic carbocycles. The fourth-order valence-corrected chi connectivity index (χ4v) is 4.08. The Kier molecular flexibility index (Phi) is 7.11.